The number of rotatable bonds is 7. The first-order valence-electron chi connectivity index (χ1n) is 10.5. The normalized spacial score (nSPS) is 10.5. The van der Waals surface area contributed by atoms with Gasteiger partial charge in [-0.25, -0.2) is 13.8 Å². The highest BCUT2D eigenvalue weighted by molar-refractivity contribution is 7.18. The Balaban J connectivity index is 1.42. The number of nitrogens with two attached hydrogens (primary N) is 1. The smallest absolute Gasteiger partial charge is 0.255 e. The van der Waals surface area contributed by atoms with Crippen LogP contribution in [0.1, 0.15) is 32.5 Å². The molecule has 0 fully saturated rings. The Morgan fingerprint density at radius 2 is 1.39 bits per heavy atom. The average Bonchev–Trinajstić information content (AvgIpc) is 3.20. The molecule has 3 aromatic carbocycles. The third kappa shape index (κ3) is 5.53. The van der Waals surface area contributed by atoms with Crippen molar-refractivity contribution in [1.29, 1.82) is 0 Å². The van der Waals surface area contributed by atoms with Crippen LogP contribution in [0.5, 0.6) is 0 Å². The lowest BCUT2D eigenvalue weighted by atomic mass is 10.1. The molecule has 8 nitrogen and oxygen atoms in total. The number of halogens is 2. The highest BCUT2D eigenvalue weighted by Gasteiger charge is 2.24. The maximum Gasteiger partial charge on any atom is 0.255 e. The fourth-order valence-corrected chi connectivity index (χ4v) is 4.10. The average molecular weight is 508 g/mol. The topological polar surface area (TPSA) is 126 Å². The quantitative estimate of drug-likeness (QED) is 0.255. The van der Waals surface area contributed by atoms with Crippen LogP contribution in [0, 0.1) is 11.6 Å². The summed E-state index contributed by atoms with van der Waals surface area (Å²) in [5, 5.41) is 8.60. The van der Waals surface area contributed by atoms with Crippen molar-refractivity contribution >= 4 is 56.9 Å². The predicted octanol–water partition coefficient (Wildman–Crippen LogP) is 5.19. The van der Waals surface area contributed by atoms with Crippen LogP contribution in [-0.4, -0.2) is 22.6 Å². The lowest BCUT2D eigenvalue weighted by Gasteiger charge is -2.08. The second-order valence-electron chi connectivity index (χ2n) is 7.57. The number of thiazole rings is 1. The van der Waals surface area contributed by atoms with Gasteiger partial charge in [-0.3, -0.25) is 14.4 Å². The van der Waals surface area contributed by atoms with Crippen molar-refractivity contribution in [2.45, 2.75) is 6.92 Å². The van der Waals surface area contributed by atoms with Crippen LogP contribution in [-0.2, 0) is 4.79 Å². The minimum absolute atomic E-state index is 0.0954. The molecule has 0 bridgehead atoms. The largest absolute Gasteiger partial charge is 0.382 e. The number of benzene rings is 3. The predicted molar refractivity (Wildman–Crippen MR) is 135 cm³/mol. The number of anilines is 5. The maximum atomic E-state index is 14.0. The van der Waals surface area contributed by atoms with Gasteiger partial charge in [-0.2, -0.15) is 0 Å². The van der Waals surface area contributed by atoms with E-state index in [0.717, 1.165) is 29.5 Å². The zero-order chi connectivity index (χ0) is 25.8. The molecule has 36 heavy (non-hydrogen) atoms. The van der Waals surface area contributed by atoms with Crippen LogP contribution < -0.4 is 21.7 Å². The van der Waals surface area contributed by atoms with Gasteiger partial charge in [0.1, 0.15) is 22.3 Å². The minimum Gasteiger partial charge on any atom is -0.382 e. The van der Waals surface area contributed by atoms with E-state index in [2.05, 4.69) is 20.9 Å². The fourth-order valence-electron chi connectivity index (χ4n) is 3.25. The standard InChI is InChI=1S/C25H19F2N5O3S/c1-13(33)29-15-9-11-16(12-10-15)30-24(35)14-5-7-17(8-6-14)31-25-32-23(28)22(36-25)21(34)20-18(26)3-2-4-19(20)27/h2-12H,28H2,1H3,(H,29,33)(H,30,35)(H,31,32). The lowest BCUT2D eigenvalue weighted by molar-refractivity contribution is -0.114. The zero-order valence-corrected chi connectivity index (χ0v) is 19.6. The maximum absolute atomic E-state index is 14.0. The van der Waals surface area contributed by atoms with Crippen LogP contribution >= 0.6 is 11.3 Å². The van der Waals surface area contributed by atoms with Gasteiger partial charge in [0.25, 0.3) is 5.91 Å². The molecule has 182 valence electrons. The van der Waals surface area contributed by atoms with E-state index in [4.69, 9.17) is 5.73 Å². The first kappa shape index (κ1) is 24.5. The van der Waals surface area contributed by atoms with Crippen LogP contribution in [0.25, 0.3) is 0 Å². The van der Waals surface area contributed by atoms with E-state index < -0.39 is 23.0 Å². The monoisotopic (exact) mass is 507 g/mol. The molecular weight excluding hydrogens is 488 g/mol. The number of hydrogen-bond donors (Lipinski definition) is 4. The molecule has 0 aliphatic carbocycles. The zero-order valence-electron chi connectivity index (χ0n) is 18.8. The molecule has 0 spiro atoms. The van der Waals surface area contributed by atoms with Gasteiger partial charge in [-0.15, -0.1) is 0 Å². The minimum atomic E-state index is -0.986. The second kappa shape index (κ2) is 10.3. The molecule has 0 unspecified atom stereocenters. The van der Waals surface area contributed by atoms with E-state index in [-0.39, 0.29) is 27.6 Å². The van der Waals surface area contributed by atoms with Crippen LogP contribution in [0.4, 0.5) is 36.8 Å². The number of amides is 2. The SMILES string of the molecule is CC(=O)Nc1ccc(NC(=O)c2ccc(Nc3nc(N)c(C(=O)c4c(F)cccc4F)s3)cc2)cc1. The van der Waals surface area contributed by atoms with Gasteiger partial charge >= 0.3 is 0 Å². The van der Waals surface area contributed by atoms with E-state index in [1.54, 1.807) is 48.5 Å². The van der Waals surface area contributed by atoms with Gasteiger partial charge in [0.05, 0.1) is 5.56 Å². The molecule has 1 aromatic heterocycles. The Kier molecular flexibility index (Phi) is 7.02. The summed E-state index contributed by atoms with van der Waals surface area (Å²) in [6.45, 7) is 1.41. The number of hydrogen-bond acceptors (Lipinski definition) is 7. The van der Waals surface area contributed by atoms with Crippen molar-refractivity contribution in [2.75, 3.05) is 21.7 Å². The summed E-state index contributed by atoms with van der Waals surface area (Å²) in [5.41, 5.74) is 7.23. The van der Waals surface area contributed by atoms with Crippen LogP contribution in [0.2, 0.25) is 0 Å². The molecule has 0 radical (unpaired) electrons. The first-order valence-corrected chi connectivity index (χ1v) is 11.3. The van der Waals surface area contributed by atoms with E-state index >= 15 is 0 Å². The van der Waals surface area contributed by atoms with Crippen molar-refractivity contribution < 1.29 is 23.2 Å². The van der Waals surface area contributed by atoms with Gasteiger partial charge in [0, 0.05) is 29.5 Å². The Morgan fingerprint density at radius 1 is 0.833 bits per heavy atom. The molecular formula is C25H19F2N5O3S. The summed E-state index contributed by atoms with van der Waals surface area (Å²) in [4.78, 5) is 40.2. The fraction of sp³-hybridized carbons (Fsp3) is 0.0400. The summed E-state index contributed by atoms with van der Waals surface area (Å²) < 4.78 is 28.0. The third-order valence-electron chi connectivity index (χ3n) is 4.91. The second-order valence-corrected chi connectivity index (χ2v) is 8.57. The highest BCUT2D eigenvalue weighted by Crippen LogP contribution is 2.31. The third-order valence-corrected chi connectivity index (χ3v) is 5.90. The Bertz CT molecular complexity index is 1430. The van der Waals surface area contributed by atoms with E-state index in [0.29, 0.717) is 22.6 Å². The van der Waals surface area contributed by atoms with Crippen LogP contribution in [0.3, 0.4) is 0 Å². The van der Waals surface area contributed by atoms with Crippen LogP contribution in [0.15, 0.2) is 66.7 Å². The molecule has 0 aliphatic rings. The van der Waals surface area contributed by atoms with Gasteiger partial charge in [-0.05, 0) is 60.7 Å². The lowest BCUT2D eigenvalue weighted by Crippen LogP contribution is -2.12. The van der Waals surface area contributed by atoms with E-state index in [1.165, 1.54) is 6.92 Å². The first-order chi connectivity index (χ1) is 17.2. The summed E-state index contributed by atoms with van der Waals surface area (Å²) in [6, 6.07) is 16.2. The molecule has 0 saturated heterocycles. The molecule has 5 N–H and O–H groups in total. The Labute approximate surface area is 208 Å². The molecule has 0 saturated carbocycles. The molecule has 11 heteroatoms. The molecule has 2 amide bonds. The van der Waals surface area contributed by atoms with Gasteiger partial charge in [-0.1, -0.05) is 17.4 Å². The molecule has 1 heterocycles. The van der Waals surface area contributed by atoms with E-state index in [9.17, 15) is 23.2 Å². The number of ketones is 1. The summed E-state index contributed by atoms with van der Waals surface area (Å²) in [5.74, 6) is -3.56. The van der Waals surface area contributed by atoms with Crippen molar-refractivity contribution in [3.63, 3.8) is 0 Å². The summed E-state index contributed by atoms with van der Waals surface area (Å²) in [7, 11) is 0. The molecule has 0 aliphatic heterocycles. The number of nitrogens with zero attached hydrogens (tertiary/aromatic N) is 1. The number of nitrogens with one attached hydrogen (secondary N) is 3. The Morgan fingerprint density at radius 3 is 1.97 bits per heavy atom. The molecule has 4 aromatic rings. The van der Waals surface area contributed by atoms with Gasteiger partial charge in [0.2, 0.25) is 11.7 Å². The number of carbonyl (C=O) groups excluding carboxylic acids is 3. The van der Waals surface area contributed by atoms with Crippen molar-refractivity contribution in [2.24, 2.45) is 0 Å². The summed E-state index contributed by atoms with van der Waals surface area (Å²) in [6.07, 6.45) is 0. The molecule has 0 atom stereocenters. The number of aromatic nitrogens is 1. The van der Waals surface area contributed by atoms with Crippen molar-refractivity contribution in [3.8, 4) is 0 Å². The number of carbonyl (C=O) groups is 3. The summed E-state index contributed by atoms with van der Waals surface area (Å²) >= 11 is 0.856. The van der Waals surface area contributed by atoms with Crippen molar-refractivity contribution in [3.05, 3.63) is 94.4 Å². The molecule has 4 rings (SSSR count). The van der Waals surface area contributed by atoms with E-state index in [1.807, 2.05) is 0 Å². The highest BCUT2D eigenvalue weighted by atomic mass is 32.1. The Hall–Kier alpha value is -4.64. The van der Waals surface area contributed by atoms with Gasteiger partial charge in [0.15, 0.2) is 5.13 Å². The van der Waals surface area contributed by atoms with Gasteiger partial charge < -0.3 is 21.7 Å². The number of nitrogen functional groups attached to an aromatic ring is 1. The van der Waals surface area contributed by atoms with Crippen molar-refractivity contribution in [1.82, 2.24) is 4.98 Å².